The van der Waals surface area contributed by atoms with Gasteiger partial charge in [-0.2, -0.15) is 8.78 Å². The van der Waals surface area contributed by atoms with Crippen LogP contribution in [0.2, 0.25) is 0 Å². The van der Waals surface area contributed by atoms with E-state index in [1.165, 1.54) is 12.4 Å². The van der Waals surface area contributed by atoms with E-state index in [1.54, 1.807) is 0 Å². The van der Waals surface area contributed by atoms with Gasteiger partial charge in [0.15, 0.2) is 23.3 Å². The normalized spacial score (nSPS) is 11.6. The Morgan fingerprint density at radius 2 is 1.39 bits per heavy atom. The Bertz CT molecular complexity index is 1040. The van der Waals surface area contributed by atoms with Crippen LogP contribution in [0.4, 0.5) is 30.7 Å². The van der Waals surface area contributed by atoms with Gasteiger partial charge in [0.2, 0.25) is 0 Å². The standard InChI is InChI=1S/C21H15F7N2O/c1-2-3-4-11-9-29-20(30-10-11)12-5-14(22)18(15(23)6-12)21(27,28)31-13-7-16(24)19(26)17(25)8-13/h5-10H,2-4H2,1H3. The van der Waals surface area contributed by atoms with Gasteiger partial charge in [0.1, 0.15) is 22.9 Å². The van der Waals surface area contributed by atoms with Crippen LogP contribution in [0.15, 0.2) is 36.7 Å². The lowest BCUT2D eigenvalue weighted by Gasteiger charge is -2.20. The van der Waals surface area contributed by atoms with E-state index in [0.29, 0.717) is 18.6 Å². The zero-order valence-electron chi connectivity index (χ0n) is 16.0. The van der Waals surface area contributed by atoms with E-state index in [4.69, 9.17) is 0 Å². The molecule has 0 spiro atoms. The first-order valence-electron chi connectivity index (χ1n) is 9.14. The van der Waals surface area contributed by atoms with Crippen LogP contribution >= 0.6 is 0 Å². The summed E-state index contributed by atoms with van der Waals surface area (Å²) >= 11 is 0. The molecule has 3 aromatic rings. The summed E-state index contributed by atoms with van der Waals surface area (Å²) in [4.78, 5) is 7.98. The highest BCUT2D eigenvalue weighted by molar-refractivity contribution is 5.56. The van der Waals surface area contributed by atoms with Crippen molar-refractivity contribution in [3.63, 3.8) is 0 Å². The Labute approximate surface area is 172 Å². The number of hydrogen-bond donors (Lipinski definition) is 0. The van der Waals surface area contributed by atoms with Crippen LogP contribution in [0.5, 0.6) is 5.75 Å². The van der Waals surface area contributed by atoms with E-state index in [0.717, 1.165) is 18.4 Å². The Morgan fingerprint density at radius 3 is 1.90 bits per heavy atom. The molecule has 0 atom stereocenters. The lowest BCUT2D eigenvalue weighted by molar-refractivity contribution is -0.189. The van der Waals surface area contributed by atoms with Gasteiger partial charge in [-0.05, 0) is 30.5 Å². The minimum atomic E-state index is -4.66. The molecule has 0 radical (unpaired) electrons. The lowest BCUT2D eigenvalue weighted by atomic mass is 10.1. The molecule has 0 aliphatic carbocycles. The highest BCUT2D eigenvalue weighted by Gasteiger charge is 2.41. The fourth-order valence-electron chi connectivity index (χ4n) is 2.78. The predicted octanol–water partition coefficient (Wildman–Crippen LogP) is 6.31. The zero-order valence-corrected chi connectivity index (χ0v) is 16.0. The molecule has 0 amide bonds. The Morgan fingerprint density at radius 1 is 0.839 bits per heavy atom. The van der Waals surface area contributed by atoms with Crippen LogP contribution in [0.25, 0.3) is 11.4 Å². The average molecular weight is 444 g/mol. The third kappa shape index (κ3) is 4.95. The summed E-state index contributed by atoms with van der Waals surface area (Å²) < 4.78 is 101. The molecule has 2 aromatic carbocycles. The van der Waals surface area contributed by atoms with Gasteiger partial charge >= 0.3 is 6.11 Å². The number of rotatable bonds is 7. The molecule has 0 unspecified atom stereocenters. The molecule has 3 rings (SSSR count). The van der Waals surface area contributed by atoms with E-state index < -0.39 is 46.5 Å². The second kappa shape index (κ2) is 8.91. The Balaban J connectivity index is 1.90. The summed E-state index contributed by atoms with van der Waals surface area (Å²) in [5, 5.41) is 0. The SMILES string of the molecule is CCCCc1cnc(-c2cc(F)c(C(F)(F)Oc3cc(F)c(F)c(F)c3)c(F)c2)nc1. The summed E-state index contributed by atoms with van der Waals surface area (Å²) in [6.07, 6.45) is 0.847. The summed E-state index contributed by atoms with van der Waals surface area (Å²) in [6.45, 7) is 2.00. The number of halogens is 7. The Hall–Kier alpha value is -3.17. The molecule has 31 heavy (non-hydrogen) atoms. The maximum absolute atomic E-state index is 14.4. The van der Waals surface area contributed by atoms with Crippen LogP contribution in [-0.2, 0) is 12.5 Å². The van der Waals surface area contributed by atoms with Crippen molar-refractivity contribution in [3.8, 4) is 17.1 Å². The van der Waals surface area contributed by atoms with Gasteiger partial charge in [-0.1, -0.05) is 13.3 Å². The number of nitrogens with zero attached hydrogens (tertiary/aromatic N) is 2. The number of hydrogen-bond acceptors (Lipinski definition) is 3. The maximum atomic E-state index is 14.4. The van der Waals surface area contributed by atoms with Crippen molar-refractivity contribution in [2.75, 3.05) is 0 Å². The topological polar surface area (TPSA) is 35.0 Å². The molecule has 0 bridgehead atoms. The fraction of sp³-hybridized carbons (Fsp3) is 0.238. The third-order valence-corrected chi connectivity index (χ3v) is 4.32. The van der Waals surface area contributed by atoms with Crippen LogP contribution in [0.1, 0.15) is 30.9 Å². The van der Waals surface area contributed by atoms with Gasteiger partial charge in [0.25, 0.3) is 0 Å². The number of unbranched alkanes of at least 4 members (excludes halogenated alkanes) is 1. The first-order chi connectivity index (χ1) is 14.6. The van der Waals surface area contributed by atoms with Crippen molar-refractivity contribution in [1.29, 1.82) is 0 Å². The zero-order chi connectivity index (χ0) is 22.8. The predicted molar refractivity (Wildman–Crippen MR) is 96.8 cm³/mol. The second-order valence-electron chi connectivity index (χ2n) is 6.65. The van der Waals surface area contributed by atoms with E-state index >= 15 is 0 Å². The molecule has 0 N–H and O–H groups in total. The molecule has 1 heterocycles. The van der Waals surface area contributed by atoms with E-state index in [1.807, 2.05) is 6.92 Å². The van der Waals surface area contributed by atoms with Crippen molar-refractivity contribution in [2.45, 2.75) is 32.3 Å². The van der Waals surface area contributed by atoms with Crippen molar-refractivity contribution in [2.24, 2.45) is 0 Å². The molecule has 0 saturated carbocycles. The highest BCUT2D eigenvalue weighted by Crippen LogP contribution is 2.37. The molecular weight excluding hydrogens is 429 g/mol. The van der Waals surface area contributed by atoms with Gasteiger partial charge in [-0.15, -0.1) is 0 Å². The summed E-state index contributed by atoms with van der Waals surface area (Å²) in [5.74, 6) is -10.1. The summed E-state index contributed by atoms with van der Waals surface area (Å²) in [7, 11) is 0. The summed E-state index contributed by atoms with van der Waals surface area (Å²) in [6, 6.07) is 1.43. The van der Waals surface area contributed by atoms with Crippen LogP contribution in [-0.4, -0.2) is 9.97 Å². The molecule has 164 valence electrons. The third-order valence-electron chi connectivity index (χ3n) is 4.32. The molecule has 10 heteroatoms. The van der Waals surface area contributed by atoms with Gasteiger partial charge in [-0.3, -0.25) is 0 Å². The van der Waals surface area contributed by atoms with Crippen molar-refractivity contribution in [1.82, 2.24) is 9.97 Å². The van der Waals surface area contributed by atoms with Gasteiger partial charge < -0.3 is 4.74 Å². The molecular formula is C21H15F7N2O. The molecule has 1 aromatic heterocycles. The molecule has 3 nitrogen and oxygen atoms in total. The van der Waals surface area contributed by atoms with Crippen LogP contribution < -0.4 is 4.74 Å². The minimum Gasteiger partial charge on any atom is -0.429 e. The first-order valence-corrected chi connectivity index (χ1v) is 9.14. The van der Waals surface area contributed by atoms with E-state index in [2.05, 4.69) is 14.7 Å². The second-order valence-corrected chi connectivity index (χ2v) is 6.65. The highest BCUT2D eigenvalue weighted by atomic mass is 19.3. The van der Waals surface area contributed by atoms with Crippen molar-refractivity contribution < 1.29 is 35.5 Å². The van der Waals surface area contributed by atoms with Gasteiger partial charge in [0, 0.05) is 30.1 Å². The molecule has 0 saturated heterocycles. The molecule has 0 aliphatic heterocycles. The number of alkyl halides is 2. The molecule has 0 aliphatic rings. The summed E-state index contributed by atoms with van der Waals surface area (Å²) in [5.41, 5.74) is -1.18. The minimum absolute atomic E-state index is 0.0866. The number of benzene rings is 2. The average Bonchev–Trinajstić information content (AvgIpc) is 2.69. The van der Waals surface area contributed by atoms with Gasteiger partial charge in [-0.25, -0.2) is 31.9 Å². The van der Waals surface area contributed by atoms with Crippen LogP contribution in [0, 0.1) is 29.1 Å². The number of aromatic nitrogens is 2. The van der Waals surface area contributed by atoms with E-state index in [-0.39, 0.29) is 23.5 Å². The maximum Gasteiger partial charge on any atom is 0.432 e. The lowest BCUT2D eigenvalue weighted by Crippen LogP contribution is -2.25. The van der Waals surface area contributed by atoms with E-state index in [9.17, 15) is 30.7 Å². The first kappa shape index (κ1) is 22.5. The Kier molecular flexibility index (Phi) is 6.47. The fourth-order valence-corrected chi connectivity index (χ4v) is 2.78. The van der Waals surface area contributed by atoms with Crippen molar-refractivity contribution >= 4 is 0 Å². The quantitative estimate of drug-likeness (QED) is 0.317. The smallest absolute Gasteiger partial charge is 0.429 e. The van der Waals surface area contributed by atoms with Gasteiger partial charge in [0.05, 0.1) is 0 Å². The monoisotopic (exact) mass is 444 g/mol. The number of aryl methyl sites for hydroxylation is 1. The van der Waals surface area contributed by atoms with Crippen LogP contribution in [0.3, 0.4) is 0 Å². The molecule has 0 fully saturated rings. The largest absolute Gasteiger partial charge is 0.432 e. The number of ether oxygens (including phenoxy) is 1. The van der Waals surface area contributed by atoms with Crippen molar-refractivity contribution in [3.05, 3.63) is 76.9 Å².